The summed E-state index contributed by atoms with van der Waals surface area (Å²) in [5.74, 6) is 1.53. The van der Waals surface area contributed by atoms with Crippen LogP contribution in [0.1, 0.15) is 64.2 Å². The minimum absolute atomic E-state index is 0.0146. The van der Waals surface area contributed by atoms with Gasteiger partial charge >= 0.3 is 0 Å². The molecular weight excluding hydrogens is 587 g/mol. The fourth-order valence-corrected chi connectivity index (χ4v) is 7.63. The van der Waals surface area contributed by atoms with Gasteiger partial charge in [-0.3, -0.25) is 0 Å². The first-order valence-corrected chi connectivity index (χ1v) is 16.8. The van der Waals surface area contributed by atoms with Crippen LogP contribution in [-0.4, -0.2) is 62.5 Å². The van der Waals surface area contributed by atoms with Gasteiger partial charge in [-0.25, -0.2) is 4.67 Å². The van der Waals surface area contributed by atoms with Crippen molar-refractivity contribution in [3.63, 3.8) is 0 Å². The fraction of sp³-hybridized carbons (Fsp3) is 0.472. The summed E-state index contributed by atoms with van der Waals surface area (Å²) in [5, 5.41) is 9.16. The van der Waals surface area contributed by atoms with E-state index in [0.717, 1.165) is 28.2 Å². The van der Waals surface area contributed by atoms with Gasteiger partial charge in [-0.05, 0) is 75.6 Å². The van der Waals surface area contributed by atoms with Gasteiger partial charge in [-0.15, -0.1) is 0 Å². The number of hydrogen-bond acceptors (Lipinski definition) is 8. The van der Waals surface area contributed by atoms with E-state index >= 15 is 0 Å². The molecule has 1 fully saturated rings. The molecule has 0 amide bonds. The third-order valence-corrected chi connectivity index (χ3v) is 10.1. The predicted octanol–water partition coefficient (Wildman–Crippen LogP) is 7.85. The average Bonchev–Trinajstić information content (AvgIpc) is 3.40. The van der Waals surface area contributed by atoms with Crippen molar-refractivity contribution < 1.29 is 28.0 Å². The van der Waals surface area contributed by atoms with E-state index in [4.69, 9.17) is 33.3 Å². The highest BCUT2D eigenvalue weighted by atomic mass is 31.2. The Labute approximate surface area is 270 Å². The van der Waals surface area contributed by atoms with E-state index < -0.39 is 14.1 Å². The number of methoxy groups -OCH3 is 2. The topological polar surface area (TPSA) is 82.4 Å². The minimum Gasteiger partial charge on any atom is -0.497 e. The largest absolute Gasteiger partial charge is 0.497 e. The zero-order valence-corrected chi connectivity index (χ0v) is 28.4. The maximum Gasteiger partial charge on any atom is 0.259 e. The first-order chi connectivity index (χ1) is 21.7. The fourth-order valence-electron chi connectivity index (χ4n) is 5.87. The quantitative estimate of drug-likeness (QED) is 0.0895. The van der Waals surface area contributed by atoms with Crippen LogP contribution in [0.2, 0.25) is 0 Å². The van der Waals surface area contributed by atoms with E-state index in [1.54, 1.807) is 14.2 Å². The number of ether oxygens (including phenoxy) is 4. The molecule has 1 aliphatic rings. The van der Waals surface area contributed by atoms with Crippen LogP contribution in [0, 0.1) is 11.3 Å². The standard InChI is InChI=1S/C36H47N2O6P/c1-26(2)38(27(3)4)45(42-23-11-22-37)44-34-24-28(5)43-35(34)25-41-36(29-12-9-8-10-13-29,30-14-18-32(39-6)19-15-30)31-16-20-33(40-7)21-17-31/h8-10,12-21,26-28,34-35H,11,23-25H2,1-7H3/t28-,34?,35+,45?/m0/s1. The van der Waals surface area contributed by atoms with Gasteiger partial charge in [0.25, 0.3) is 8.53 Å². The van der Waals surface area contributed by atoms with Crippen molar-refractivity contribution in [1.29, 1.82) is 5.26 Å². The highest BCUT2D eigenvalue weighted by Crippen LogP contribution is 2.50. The molecule has 8 nitrogen and oxygen atoms in total. The van der Waals surface area contributed by atoms with Gasteiger partial charge in [-0.2, -0.15) is 5.26 Å². The van der Waals surface area contributed by atoms with E-state index in [1.807, 2.05) is 66.7 Å². The lowest BCUT2D eigenvalue weighted by Crippen LogP contribution is -2.39. The van der Waals surface area contributed by atoms with Crippen molar-refractivity contribution in [2.24, 2.45) is 0 Å². The van der Waals surface area contributed by atoms with Gasteiger partial charge in [-0.1, -0.05) is 54.6 Å². The molecule has 242 valence electrons. The molecule has 0 saturated carbocycles. The summed E-state index contributed by atoms with van der Waals surface area (Å²) in [5.41, 5.74) is 1.93. The monoisotopic (exact) mass is 634 g/mol. The van der Waals surface area contributed by atoms with Crippen LogP contribution in [0.15, 0.2) is 78.9 Å². The Kier molecular flexibility index (Phi) is 12.8. The van der Waals surface area contributed by atoms with Crippen LogP contribution in [0.25, 0.3) is 0 Å². The summed E-state index contributed by atoms with van der Waals surface area (Å²) in [6.07, 6.45) is 0.402. The number of nitrogens with zero attached hydrogens (tertiary/aromatic N) is 2. The average molecular weight is 635 g/mol. The maximum atomic E-state index is 9.16. The van der Waals surface area contributed by atoms with Crippen molar-refractivity contribution in [1.82, 2.24) is 4.67 Å². The summed E-state index contributed by atoms with van der Waals surface area (Å²) in [4.78, 5) is 0. The Hall–Kier alpha value is -3.02. The Morgan fingerprint density at radius 2 is 1.40 bits per heavy atom. The Bertz CT molecular complexity index is 1290. The van der Waals surface area contributed by atoms with Gasteiger partial charge in [0, 0.05) is 18.5 Å². The van der Waals surface area contributed by atoms with Gasteiger partial charge in [0.2, 0.25) is 0 Å². The van der Waals surface area contributed by atoms with E-state index in [9.17, 15) is 0 Å². The SMILES string of the molecule is COc1ccc(C(OC[C@H]2O[C@@H](C)CC2OP(OCCC#N)N(C(C)C)C(C)C)(c2ccccc2)c2ccc(OC)cc2)cc1. The van der Waals surface area contributed by atoms with Crippen LogP contribution in [0.3, 0.4) is 0 Å². The van der Waals surface area contributed by atoms with Crippen LogP contribution < -0.4 is 9.47 Å². The molecule has 0 N–H and O–H groups in total. The second-order valence-electron chi connectivity index (χ2n) is 11.7. The van der Waals surface area contributed by atoms with Crippen LogP contribution in [0.5, 0.6) is 11.5 Å². The third kappa shape index (κ3) is 8.42. The van der Waals surface area contributed by atoms with Gasteiger partial charge in [0.05, 0.1) is 52.1 Å². The van der Waals surface area contributed by atoms with Crippen molar-refractivity contribution in [2.45, 2.75) is 83.5 Å². The molecule has 4 atom stereocenters. The van der Waals surface area contributed by atoms with E-state index in [1.165, 1.54) is 0 Å². The Morgan fingerprint density at radius 1 is 0.867 bits per heavy atom. The first-order valence-electron chi connectivity index (χ1n) is 15.6. The molecule has 9 heteroatoms. The predicted molar refractivity (Wildman–Crippen MR) is 177 cm³/mol. The van der Waals surface area contributed by atoms with Gasteiger partial charge < -0.3 is 28.0 Å². The summed E-state index contributed by atoms with van der Waals surface area (Å²) in [6.45, 7) is 11.2. The lowest BCUT2D eigenvalue weighted by Gasteiger charge is -2.39. The molecular formula is C36H47N2O6P. The summed E-state index contributed by atoms with van der Waals surface area (Å²) >= 11 is 0. The van der Waals surface area contributed by atoms with E-state index in [0.29, 0.717) is 19.4 Å². The smallest absolute Gasteiger partial charge is 0.259 e. The van der Waals surface area contributed by atoms with Crippen LogP contribution in [0.4, 0.5) is 0 Å². The molecule has 2 unspecified atom stereocenters. The van der Waals surface area contributed by atoms with Crippen LogP contribution in [-0.2, 0) is 24.1 Å². The lowest BCUT2D eigenvalue weighted by molar-refractivity contribution is -0.0777. The van der Waals surface area contributed by atoms with Crippen molar-refractivity contribution >= 4 is 8.53 Å². The lowest BCUT2D eigenvalue weighted by atomic mass is 9.80. The molecule has 3 aromatic rings. The zero-order valence-electron chi connectivity index (χ0n) is 27.5. The summed E-state index contributed by atoms with van der Waals surface area (Å²) < 4.78 is 39.9. The molecule has 1 saturated heterocycles. The molecule has 0 bridgehead atoms. The highest BCUT2D eigenvalue weighted by Gasteiger charge is 2.43. The Morgan fingerprint density at radius 3 is 1.89 bits per heavy atom. The molecule has 3 aromatic carbocycles. The Balaban J connectivity index is 1.72. The van der Waals surface area contributed by atoms with Gasteiger partial charge in [0.1, 0.15) is 23.2 Å². The second kappa shape index (κ2) is 16.5. The molecule has 4 rings (SSSR count). The minimum atomic E-state index is -1.43. The number of rotatable bonds is 16. The zero-order chi connectivity index (χ0) is 32.4. The van der Waals surface area contributed by atoms with E-state index in [-0.39, 0.29) is 37.0 Å². The first kappa shape index (κ1) is 34.8. The molecule has 0 aliphatic carbocycles. The second-order valence-corrected chi connectivity index (χ2v) is 13.1. The van der Waals surface area contributed by atoms with Crippen molar-refractivity contribution in [2.75, 3.05) is 27.4 Å². The van der Waals surface area contributed by atoms with Crippen LogP contribution >= 0.6 is 8.53 Å². The van der Waals surface area contributed by atoms with Crippen molar-refractivity contribution in [3.05, 3.63) is 95.6 Å². The normalized spacial score (nSPS) is 19.2. The third-order valence-electron chi connectivity index (χ3n) is 7.91. The summed E-state index contributed by atoms with van der Waals surface area (Å²) in [6, 6.07) is 28.8. The molecule has 0 spiro atoms. The maximum absolute atomic E-state index is 9.16. The number of hydrogen-bond donors (Lipinski definition) is 0. The highest BCUT2D eigenvalue weighted by molar-refractivity contribution is 7.44. The summed E-state index contributed by atoms with van der Waals surface area (Å²) in [7, 11) is 1.89. The molecule has 1 aliphatic heterocycles. The van der Waals surface area contributed by atoms with Gasteiger partial charge in [0.15, 0.2) is 0 Å². The molecule has 0 aromatic heterocycles. The molecule has 0 radical (unpaired) electrons. The number of benzene rings is 3. The number of nitriles is 1. The van der Waals surface area contributed by atoms with Crippen molar-refractivity contribution in [3.8, 4) is 17.6 Å². The molecule has 1 heterocycles. The molecule has 45 heavy (non-hydrogen) atoms. The van der Waals surface area contributed by atoms with E-state index in [2.05, 4.69) is 57.5 Å².